The first kappa shape index (κ1) is 15.1. The van der Waals surface area contributed by atoms with Crippen molar-refractivity contribution < 1.29 is 13.2 Å². The lowest BCUT2D eigenvalue weighted by molar-refractivity contribution is -0.114. The van der Waals surface area contributed by atoms with Gasteiger partial charge in [0.2, 0.25) is 5.91 Å². The summed E-state index contributed by atoms with van der Waals surface area (Å²) in [5.74, 6) is 0.207. The number of carbonyl (C=O) groups is 1. The zero-order chi connectivity index (χ0) is 13.6. The van der Waals surface area contributed by atoms with Crippen LogP contribution in [0.25, 0.3) is 0 Å². The Bertz CT molecular complexity index is 494. The Morgan fingerprint density at radius 2 is 2.17 bits per heavy atom. The second-order valence-electron chi connectivity index (χ2n) is 3.85. The third-order valence-electron chi connectivity index (χ3n) is 2.37. The normalized spacial score (nSPS) is 11.4. The first-order valence-electron chi connectivity index (χ1n) is 5.69. The van der Waals surface area contributed by atoms with Gasteiger partial charge in [0.25, 0.3) is 0 Å². The molecular weight excluding hydrogens is 272 g/mol. The fourth-order valence-corrected chi connectivity index (χ4v) is 2.90. The smallest absolute Gasteiger partial charge is 0.221 e. The molecule has 0 radical (unpaired) electrons. The third-order valence-corrected chi connectivity index (χ3v) is 5.00. The Hall–Kier alpha value is -0.920. The van der Waals surface area contributed by atoms with E-state index in [1.54, 1.807) is 6.92 Å². The lowest BCUT2D eigenvalue weighted by Gasteiger charge is -2.06. The molecule has 0 aliphatic carbocycles. The van der Waals surface area contributed by atoms with Crippen molar-refractivity contribution in [1.82, 2.24) is 5.32 Å². The fraction of sp³-hybridized carbons (Fsp3) is 0.545. The molecule has 1 rings (SSSR count). The Kier molecular flexibility index (Phi) is 5.77. The maximum atomic E-state index is 11.3. The van der Waals surface area contributed by atoms with E-state index in [4.69, 9.17) is 0 Å². The van der Waals surface area contributed by atoms with E-state index >= 15 is 0 Å². The molecule has 0 fully saturated rings. The van der Waals surface area contributed by atoms with Crippen LogP contribution in [0.4, 0.5) is 5.69 Å². The predicted molar refractivity (Wildman–Crippen MR) is 74.7 cm³/mol. The van der Waals surface area contributed by atoms with Gasteiger partial charge < -0.3 is 10.6 Å². The summed E-state index contributed by atoms with van der Waals surface area (Å²) < 4.78 is 22.6. The summed E-state index contributed by atoms with van der Waals surface area (Å²) in [4.78, 5) is 12.0. The molecule has 0 saturated carbocycles. The highest BCUT2D eigenvalue weighted by molar-refractivity contribution is 7.91. The number of carbonyl (C=O) groups excluding carboxylic acids is 1. The van der Waals surface area contributed by atoms with E-state index in [2.05, 4.69) is 10.6 Å². The van der Waals surface area contributed by atoms with Gasteiger partial charge in [0, 0.05) is 30.6 Å². The molecule has 1 aromatic heterocycles. The maximum Gasteiger partial charge on any atom is 0.221 e. The zero-order valence-corrected chi connectivity index (χ0v) is 12.2. The summed E-state index contributed by atoms with van der Waals surface area (Å²) in [5, 5.41) is 7.70. The van der Waals surface area contributed by atoms with E-state index in [1.165, 1.54) is 18.3 Å². The van der Waals surface area contributed by atoms with Gasteiger partial charge in [-0.05, 0) is 11.4 Å². The Morgan fingerprint density at radius 3 is 2.78 bits per heavy atom. The van der Waals surface area contributed by atoms with E-state index in [0.29, 0.717) is 13.1 Å². The summed E-state index contributed by atoms with van der Waals surface area (Å²) in [6.07, 6.45) is 0. The van der Waals surface area contributed by atoms with E-state index in [0.717, 1.165) is 10.6 Å². The van der Waals surface area contributed by atoms with E-state index in [9.17, 15) is 13.2 Å². The number of rotatable bonds is 7. The second-order valence-corrected chi connectivity index (χ2v) is 7.33. The van der Waals surface area contributed by atoms with Gasteiger partial charge in [0.1, 0.15) is 0 Å². The highest BCUT2D eigenvalue weighted by atomic mass is 32.2. The van der Waals surface area contributed by atoms with Gasteiger partial charge in [0.05, 0.1) is 11.4 Å². The molecule has 2 N–H and O–H groups in total. The Labute approximate surface area is 112 Å². The number of anilines is 1. The van der Waals surface area contributed by atoms with Crippen molar-refractivity contribution in [3.63, 3.8) is 0 Å². The van der Waals surface area contributed by atoms with Crippen LogP contribution in [0.2, 0.25) is 0 Å². The first-order valence-corrected chi connectivity index (χ1v) is 8.40. The van der Waals surface area contributed by atoms with Gasteiger partial charge in [-0.1, -0.05) is 6.92 Å². The Balaban J connectivity index is 2.40. The molecule has 1 heterocycles. The first-order chi connectivity index (χ1) is 8.44. The van der Waals surface area contributed by atoms with Gasteiger partial charge in [0.15, 0.2) is 9.84 Å². The monoisotopic (exact) mass is 290 g/mol. The van der Waals surface area contributed by atoms with Crippen molar-refractivity contribution in [2.45, 2.75) is 20.4 Å². The van der Waals surface area contributed by atoms with E-state index in [-0.39, 0.29) is 17.4 Å². The van der Waals surface area contributed by atoms with Crippen molar-refractivity contribution in [2.75, 3.05) is 23.4 Å². The zero-order valence-electron chi connectivity index (χ0n) is 10.5. The molecule has 0 atom stereocenters. The summed E-state index contributed by atoms with van der Waals surface area (Å²) >= 11 is 1.53. The summed E-state index contributed by atoms with van der Waals surface area (Å²) in [5.41, 5.74) is 0.790. The van der Waals surface area contributed by atoms with Crippen molar-refractivity contribution in [2.24, 2.45) is 0 Å². The summed E-state index contributed by atoms with van der Waals surface area (Å²) in [6, 6.07) is 1.84. The number of amides is 1. The maximum absolute atomic E-state index is 11.3. The number of hydrogen-bond acceptors (Lipinski definition) is 5. The van der Waals surface area contributed by atoms with Crippen LogP contribution in [0, 0.1) is 0 Å². The lowest BCUT2D eigenvalue weighted by atomic mass is 10.3. The number of thiophene rings is 1. The molecule has 18 heavy (non-hydrogen) atoms. The molecule has 0 spiro atoms. The van der Waals surface area contributed by atoms with Crippen LogP contribution in [-0.4, -0.2) is 32.4 Å². The molecule has 5 nitrogen and oxygen atoms in total. The van der Waals surface area contributed by atoms with Gasteiger partial charge in [-0.25, -0.2) is 8.42 Å². The van der Waals surface area contributed by atoms with E-state index in [1.807, 2.05) is 11.4 Å². The molecule has 0 bridgehead atoms. The minimum atomic E-state index is -2.92. The Morgan fingerprint density at radius 1 is 1.44 bits per heavy atom. The fourth-order valence-electron chi connectivity index (χ4n) is 1.35. The number of sulfone groups is 1. The van der Waals surface area contributed by atoms with E-state index < -0.39 is 9.84 Å². The van der Waals surface area contributed by atoms with Crippen LogP contribution in [0.3, 0.4) is 0 Å². The molecule has 7 heteroatoms. The highest BCUT2D eigenvalue weighted by Gasteiger charge is 2.08. The van der Waals surface area contributed by atoms with Crippen LogP contribution in [0.1, 0.15) is 18.7 Å². The molecule has 1 amide bonds. The van der Waals surface area contributed by atoms with Gasteiger partial charge in [-0.15, -0.1) is 11.3 Å². The number of nitrogens with one attached hydrogen (secondary N) is 2. The molecular formula is C11H18N2O3S2. The second kappa shape index (κ2) is 6.86. The summed E-state index contributed by atoms with van der Waals surface area (Å²) in [7, 11) is -2.92. The molecule has 102 valence electrons. The van der Waals surface area contributed by atoms with Crippen molar-refractivity contribution in [3.8, 4) is 0 Å². The third kappa shape index (κ3) is 5.16. The van der Waals surface area contributed by atoms with Crippen LogP contribution < -0.4 is 10.6 Å². The van der Waals surface area contributed by atoms with Crippen LogP contribution >= 0.6 is 11.3 Å². The average molecular weight is 290 g/mol. The molecule has 1 aromatic rings. The molecule has 0 aliphatic heterocycles. The molecule has 0 unspecified atom stereocenters. The van der Waals surface area contributed by atoms with Crippen LogP contribution in [-0.2, 0) is 21.2 Å². The van der Waals surface area contributed by atoms with Crippen LogP contribution in [0.5, 0.6) is 0 Å². The quantitative estimate of drug-likeness (QED) is 0.741. The minimum absolute atomic E-state index is 0.108. The topological polar surface area (TPSA) is 75.3 Å². The van der Waals surface area contributed by atoms with Gasteiger partial charge in [-0.3, -0.25) is 4.79 Å². The molecule has 0 saturated heterocycles. The molecule has 0 aliphatic rings. The largest absolute Gasteiger partial charge is 0.325 e. The van der Waals surface area contributed by atoms with Crippen molar-refractivity contribution in [3.05, 3.63) is 16.3 Å². The highest BCUT2D eigenvalue weighted by Crippen LogP contribution is 2.21. The minimum Gasteiger partial charge on any atom is -0.325 e. The summed E-state index contributed by atoms with van der Waals surface area (Å²) in [6.45, 7) is 4.09. The van der Waals surface area contributed by atoms with Crippen molar-refractivity contribution in [1.29, 1.82) is 0 Å². The average Bonchev–Trinajstić information content (AvgIpc) is 2.71. The number of hydrogen-bond donors (Lipinski definition) is 2. The SMILES string of the molecule is CCS(=O)(=O)CCNCc1sccc1NC(C)=O. The lowest BCUT2D eigenvalue weighted by Crippen LogP contribution is -2.23. The van der Waals surface area contributed by atoms with Crippen LogP contribution in [0.15, 0.2) is 11.4 Å². The predicted octanol–water partition coefficient (Wildman–Crippen LogP) is 1.23. The van der Waals surface area contributed by atoms with Crippen molar-refractivity contribution >= 4 is 32.8 Å². The molecule has 0 aromatic carbocycles. The van der Waals surface area contributed by atoms with Gasteiger partial charge in [-0.2, -0.15) is 0 Å². The van der Waals surface area contributed by atoms with Gasteiger partial charge >= 0.3 is 0 Å². The standard InChI is InChI=1S/C11H18N2O3S2/c1-3-18(15,16)7-5-12-8-11-10(4-6-17-11)13-9(2)14/h4,6,12H,3,5,7-8H2,1-2H3,(H,13,14).